The molecule has 0 spiro atoms. The molecule has 0 amide bonds. The van der Waals surface area contributed by atoms with Gasteiger partial charge in [-0.3, -0.25) is 0 Å². The van der Waals surface area contributed by atoms with Gasteiger partial charge in [-0.1, -0.05) is 73.5 Å². The van der Waals surface area contributed by atoms with Crippen LogP contribution in [-0.2, 0) is 14.3 Å². The van der Waals surface area contributed by atoms with Crippen LogP contribution in [0.4, 0.5) is 0 Å². The summed E-state index contributed by atoms with van der Waals surface area (Å²) in [5.74, 6) is -0.765. The van der Waals surface area contributed by atoms with E-state index in [9.17, 15) is 35.4 Å². The molecule has 1 aliphatic heterocycles. The smallest absolute Gasteiger partial charge is 0.187 e. The Morgan fingerprint density at radius 1 is 0.933 bits per heavy atom. The second-order valence-corrected chi connectivity index (χ2v) is 17.4. The SMILES string of the molecule is CC(C)[C@@H](C)[C@@]1(C)CC[C@]2(C)C3=C(CC[C@@]2(C)[C@@H]1C(=O)[O-])[C@@]1(C)C[C@@H](O)[C@H](O[C@@H]2O[C@H](CO)[C@@H](O)[C@H](O)[C@H]2O)C(C)(C)[C@@H]1CC3. The quantitative estimate of drug-likeness (QED) is 0.277. The predicted molar refractivity (Wildman–Crippen MR) is 166 cm³/mol. The fourth-order valence-corrected chi connectivity index (χ4v) is 11.7. The maximum Gasteiger partial charge on any atom is 0.187 e. The monoisotopic (exact) mass is 635 g/mol. The van der Waals surface area contributed by atoms with Gasteiger partial charge in [0.15, 0.2) is 6.29 Å². The summed E-state index contributed by atoms with van der Waals surface area (Å²) in [4.78, 5) is 13.1. The zero-order valence-corrected chi connectivity index (χ0v) is 28.9. The van der Waals surface area contributed by atoms with Crippen LogP contribution in [0.5, 0.6) is 0 Å². The molecule has 0 bridgehead atoms. The summed E-state index contributed by atoms with van der Waals surface area (Å²) in [6.07, 6.45) is -3.17. The van der Waals surface area contributed by atoms with Gasteiger partial charge in [0, 0.05) is 11.9 Å². The molecule has 5 rings (SSSR count). The van der Waals surface area contributed by atoms with E-state index in [4.69, 9.17) is 9.47 Å². The second kappa shape index (κ2) is 11.5. The van der Waals surface area contributed by atoms with Gasteiger partial charge in [0.1, 0.15) is 24.4 Å². The molecule has 0 aromatic heterocycles. The van der Waals surface area contributed by atoms with Crippen LogP contribution < -0.4 is 5.11 Å². The summed E-state index contributed by atoms with van der Waals surface area (Å²) in [6.45, 7) is 19.1. The Bertz CT molecular complexity index is 1180. The number of allylic oxidation sites excluding steroid dienone is 2. The number of carboxylic acid groups (broad SMARTS) is 1. The van der Waals surface area contributed by atoms with Gasteiger partial charge in [-0.05, 0) is 89.8 Å². The molecule has 4 aliphatic carbocycles. The van der Waals surface area contributed by atoms with E-state index in [0.29, 0.717) is 12.3 Å². The minimum Gasteiger partial charge on any atom is -0.550 e. The largest absolute Gasteiger partial charge is 0.550 e. The van der Waals surface area contributed by atoms with Crippen LogP contribution in [0.1, 0.15) is 107 Å². The van der Waals surface area contributed by atoms with E-state index in [-0.39, 0.29) is 28.1 Å². The minimum atomic E-state index is -1.56. The Labute approximate surface area is 269 Å². The number of aliphatic carboxylic acids is 1. The molecular formula is C36H59O9-. The lowest BCUT2D eigenvalue weighted by Crippen LogP contribution is -2.66. The fraction of sp³-hybridized carbons (Fsp3) is 0.917. The number of carbonyl (C=O) groups is 1. The molecule has 2 saturated carbocycles. The van der Waals surface area contributed by atoms with Crippen molar-refractivity contribution < 1.29 is 44.9 Å². The van der Waals surface area contributed by atoms with E-state index < -0.39 is 72.2 Å². The molecular weight excluding hydrogens is 576 g/mol. The number of aliphatic hydroxyl groups is 5. The second-order valence-electron chi connectivity index (χ2n) is 17.4. The van der Waals surface area contributed by atoms with Crippen LogP contribution in [0.2, 0.25) is 0 Å². The molecule has 3 fully saturated rings. The normalized spacial score (nSPS) is 50.4. The van der Waals surface area contributed by atoms with Gasteiger partial charge in [0.05, 0.1) is 18.8 Å². The average Bonchev–Trinajstić information content (AvgIpc) is 2.94. The third kappa shape index (κ3) is 4.92. The highest BCUT2D eigenvalue weighted by molar-refractivity contribution is 5.71. The molecule has 0 unspecified atom stereocenters. The third-order valence-electron chi connectivity index (χ3n) is 14.8. The number of carbonyl (C=O) groups excluding carboxylic acids is 1. The molecule has 0 radical (unpaired) electrons. The van der Waals surface area contributed by atoms with Crippen LogP contribution in [0.3, 0.4) is 0 Å². The highest BCUT2D eigenvalue weighted by atomic mass is 16.7. The van der Waals surface area contributed by atoms with E-state index in [1.54, 1.807) is 0 Å². The number of hydrogen-bond acceptors (Lipinski definition) is 9. The number of ether oxygens (including phenoxy) is 2. The average molecular weight is 636 g/mol. The Balaban J connectivity index is 1.49. The lowest BCUT2D eigenvalue weighted by molar-refractivity contribution is -0.335. The first-order chi connectivity index (χ1) is 20.7. The van der Waals surface area contributed by atoms with Crippen molar-refractivity contribution in [3.8, 4) is 0 Å². The summed E-state index contributed by atoms with van der Waals surface area (Å²) < 4.78 is 12.0. The van der Waals surface area contributed by atoms with Gasteiger partial charge in [0.2, 0.25) is 0 Å². The van der Waals surface area contributed by atoms with Gasteiger partial charge < -0.3 is 44.9 Å². The van der Waals surface area contributed by atoms with Crippen molar-refractivity contribution in [1.82, 2.24) is 0 Å². The van der Waals surface area contributed by atoms with Crippen molar-refractivity contribution in [1.29, 1.82) is 0 Å². The first-order valence-electron chi connectivity index (χ1n) is 17.3. The van der Waals surface area contributed by atoms with Crippen LogP contribution in [0.15, 0.2) is 11.1 Å². The fourth-order valence-electron chi connectivity index (χ4n) is 11.7. The van der Waals surface area contributed by atoms with Crippen LogP contribution in [0, 0.1) is 50.7 Å². The topological polar surface area (TPSA) is 160 Å². The molecule has 5 N–H and O–H groups in total. The maximum absolute atomic E-state index is 13.1. The lowest BCUT2D eigenvalue weighted by Gasteiger charge is -2.69. The van der Waals surface area contributed by atoms with Crippen molar-refractivity contribution in [2.45, 2.75) is 150 Å². The van der Waals surface area contributed by atoms with E-state index in [2.05, 4.69) is 62.3 Å². The van der Waals surface area contributed by atoms with E-state index >= 15 is 0 Å². The number of rotatable bonds is 6. The number of carboxylic acids is 1. The van der Waals surface area contributed by atoms with Crippen LogP contribution in [-0.4, -0.2) is 81.0 Å². The number of hydrogen-bond donors (Lipinski definition) is 5. The van der Waals surface area contributed by atoms with Gasteiger partial charge in [-0.15, -0.1) is 0 Å². The van der Waals surface area contributed by atoms with Crippen molar-refractivity contribution in [2.75, 3.05) is 6.61 Å². The summed E-state index contributed by atoms with van der Waals surface area (Å²) in [5.41, 5.74) is 0.746. The van der Waals surface area contributed by atoms with Crippen molar-refractivity contribution in [3.63, 3.8) is 0 Å². The van der Waals surface area contributed by atoms with Gasteiger partial charge in [-0.2, -0.15) is 0 Å². The molecule has 0 aromatic rings. The zero-order chi connectivity index (χ0) is 33.7. The highest BCUT2D eigenvalue weighted by Crippen LogP contribution is 2.73. The molecule has 1 saturated heterocycles. The van der Waals surface area contributed by atoms with E-state index in [1.165, 1.54) is 11.1 Å². The predicted octanol–water partition coefficient (Wildman–Crippen LogP) is 2.94. The first kappa shape index (κ1) is 35.2. The Hall–Kier alpha value is -1.07. The van der Waals surface area contributed by atoms with Crippen molar-refractivity contribution in [3.05, 3.63) is 11.1 Å². The van der Waals surface area contributed by atoms with Crippen LogP contribution >= 0.6 is 0 Å². The van der Waals surface area contributed by atoms with E-state index in [1.807, 2.05) is 0 Å². The summed E-state index contributed by atoms with van der Waals surface area (Å²) >= 11 is 0. The van der Waals surface area contributed by atoms with Gasteiger partial charge in [0.25, 0.3) is 0 Å². The molecule has 9 heteroatoms. The summed E-state index contributed by atoms with van der Waals surface area (Å²) in [6, 6.07) is 0. The standard InChI is InChI=1S/C36H60O9/c1-18(2)19(3)33(6)14-15-35(8)21-10-11-24-32(4,5)29(45-31-27(41)26(40)25(39)23(17-37)44-31)22(38)16-34(24,7)20(21)12-13-36(35,9)28(33)30(42)43/h18-19,22-29,31,37-41H,10-17H2,1-9H3,(H,42,43)/p-1/t19-,22-,23-,24+,25-,26+,27-,28-,29+,31+,33-,34-,35-,36+/m1/s1. The Morgan fingerprint density at radius 3 is 2.16 bits per heavy atom. The number of fused-ring (bicyclic) bond motifs is 4. The lowest BCUT2D eigenvalue weighted by atomic mass is 9.36. The molecule has 1 heterocycles. The summed E-state index contributed by atoms with van der Waals surface area (Å²) in [5, 5.41) is 65.9. The molecule has 45 heavy (non-hydrogen) atoms. The van der Waals surface area contributed by atoms with Crippen molar-refractivity contribution >= 4 is 5.97 Å². The van der Waals surface area contributed by atoms with Crippen molar-refractivity contribution in [2.24, 2.45) is 50.7 Å². The Morgan fingerprint density at radius 2 is 1.58 bits per heavy atom. The maximum atomic E-state index is 13.1. The molecule has 258 valence electrons. The zero-order valence-electron chi connectivity index (χ0n) is 28.9. The summed E-state index contributed by atoms with van der Waals surface area (Å²) in [7, 11) is 0. The highest BCUT2D eigenvalue weighted by Gasteiger charge is 2.67. The van der Waals surface area contributed by atoms with Crippen LogP contribution in [0.25, 0.3) is 0 Å². The Kier molecular flexibility index (Phi) is 9.02. The minimum absolute atomic E-state index is 0.127. The third-order valence-corrected chi connectivity index (χ3v) is 14.8. The molecule has 14 atom stereocenters. The first-order valence-corrected chi connectivity index (χ1v) is 17.3. The molecule has 9 nitrogen and oxygen atoms in total. The molecule has 5 aliphatic rings. The molecule has 0 aromatic carbocycles. The van der Waals surface area contributed by atoms with Gasteiger partial charge >= 0.3 is 0 Å². The van der Waals surface area contributed by atoms with E-state index in [0.717, 1.165) is 38.5 Å². The number of aliphatic hydroxyl groups excluding tert-OH is 5. The van der Waals surface area contributed by atoms with Gasteiger partial charge in [-0.25, -0.2) is 0 Å².